The molecule has 0 unspecified atom stereocenters. The third-order valence-corrected chi connectivity index (χ3v) is 2.65. The van der Waals surface area contributed by atoms with Crippen molar-refractivity contribution in [3.05, 3.63) is 21.7 Å². The molecule has 16 heavy (non-hydrogen) atoms. The predicted octanol–water partition coefficient (Wildman–Crippen LogP) is 2.66. The largest absolute Gasteiger partial charge is 0.369 e. The Kier molecular flexibility index (Phi) is 5.32. The van der Waals surface area contributed by atoms with Crippen LogP contribution in [-0.4, -0.2) is 16.5 Å². The van der Waals surface area contributed by atoms with Crippen molar-refractivity contribution >= 4 is 17.4 Å². The third kappa shape index (κ3) is 4.23. The Morgan fingerprint density at radius 2 is 2.25 bits per heavy atom. The van der Waals surface area contributed by atoms with Crippen LogP contribution in [0.4, 0.5) is 5.82 Å². The van der Waals surface area contributed by atoms with Crippen molar-refractivity contribution in [2.75, 3.05) is 11.9 Å². The molecule has 1 rings (SSSR count). The number of rotatable bonds is 6. The van der Waals surface area contributed by atoms with E-state index in [-0.39, 0.29) is 10.6 Å². The summed E-state index contributed by atoms with van der Waals surface area (Å²) < 4.78 is 0. The van der Waals surface area contributed by atoms with Gasteiger partial charge in [0.1, 0.15) is 5.02 Å². The van der Waals surface area contributed by atoms with E-state index >= 15 is 0 Å². The molecule has 5 heteroatoms. The number of hydrogen-bond donors (Lipinski definition) is 2. The van der Waals surface area contributed by atoms with Crippen molar-refractivity contribution in [2.24, 2.45) is 5.92 Å². The summed E-state index contributed by atoms with van der Waals surface area (Å²) in [5.41, 5.74) is -0.304. The minimum Gasteiger partial charge on any atom is -0.369 e. The third-order valence-electron chi connectivity index (χ3n) is 2.30. The highest BCUT2D eigenvalue weighted by molar-refractivity contribution is 6.32. The molecular weight excluding hydrogens is 226 g/mol. The Balaban J connectivity index is 2.32. The molecule has 0 aliphatic heterocycles. The highest BCUT2D eigenvalue weighted by atomic mass is 35.5. The van der Waals surface area contributed by atoms with E-state index in [1.807, 2.05) is 0 Å². The quantitative estimate of drug-likeness (QED) is 0.756. The molecule has 0 aliphatic carbocycles. The molecule has 0 atom stereocenters. The standard InChI is InChI=1S/C11H18ClN3O/c1-8(2)5-3-4-6-13-10-9(12)11(16)15-7-14-10/h7-8H,3-6H2,1-2H3,(H2,13,14,15,16). The molecule has 0 radical (unpaired) electrons. The highest BCUT2D eigenvalue weighted by Gasteiger charge is 2.04. The number of nitrogens with zero attached hydrogens (tertiary/aromatic N) is 1. The van der Waals surface area contributed by atoms with E-state index in [4.69, 9.17) is 11.6 Å². The first kappa shape index (κ1) is 13.0. The van der Waals surface area contributed by atoms with Crippen LogP contribution >= 0.6 is 11.6 Å². The van der Waals surface area contributed by atoms with Crippen LogP contribution in [0.3, 0.4) is 0 Å². The number of nitrogens with one attached hydrogen (secondary N) is 2. The zero-order valence-corrected chi connectivity index (χ0v) is 10.5. The van der Waals surface area contributed by atoms with Gasteiger partial charge in [-0.3, -0.25) is 4.79 Å². The SMILES string of the molecule is CC(C)CCCCNc1nc[nH]c(=O)c1Cl. The van der Waals surface area contributed by atoms with Gasteiger partial charge in [-0.05, 0) is 12.3 Å². The lowest BCUT2D eigenvalue weighted by molar-refractivity contribution is 0.544. The second kappa shape index (κ2) is 6.53. The molecule has 1 heterocycles. The second-order valence-electron chi connectivity index (χ2n) is 4.21. The van der Waals surface area contributed by atoms with Crippen molar-refractivity contribution in [1.29, 1.82) is 0 Å². The monoisotopic (exact) mass is 243 g/mol. The van der Waals surface area contributed by atoms with Crippen LogP contribution in [0.5, 0.6) is 0 Å². The molecule has 0 spiro atoms. The fourth-order valence-electron chi connectivity index (χ4n) is 1.39. The van der Waals surface area contributed by atoms with Gasteiger partial charge >= 0.3 is 0 Å². The molecule has 90 valence electrons. The Bertz CT molecular complexity index is 376. The highest BCUT2D eigenvalue weighted by Crippen LogP contribution is 2.12. The van der Waals surface area contributed by atoms with Gasteiger partial charge < -0.3 is 10.3 Å². The van der Waals surface area contributed by atoms with Crippen LogP contribution in [-0.2, 0) is 0 Å². The number of aromatic nitrogens is 2. The summed E-state index contributed by atoms with van der Waals surface area (Å²) in [6, 6.07) is 0. The van der Waals surface area contributed by atoms with Gasteiger partial charge in [0, 0.05) is 6.54 Å². The van der Waals surface area contributed by atoms with Gasteiger partial charge in [-0.25, -0.2) is 4.98 Å². The molecule has 0 amide bonds. The smallest absolute Gasteiger partial charge is 0.271 e. The molecule has 0 aromatic carbocycles. The van der Waals surface area contributed by atoms with E-state index in [0.29, 0.717) is 5.82 Å². The van der Waals surface area contributed by atoms with Crippen molar-refractivity contribution in [3.63, 3.8) is 0 Å². The van der Waals surface area contributed by atoms with Gasteiger partial charge in [-0.1, -0.05) is 38.3 Å². The average molecular weight is 244 g/mol. The lowest BCUT2D eigenvalue weighted by Gasteiger charge is -2.07. The lowest BCUT2D eigenvalue weighted by atomic mass is 10.1. The zero-order chi connectivity index (χ0) is 12.0. The topological polar surface area (TPSA) is 57.8 Å². The summed E-state index contributed by atoms with van der Waals surface area (Å²) in [5.74, 6) is 1.20. The van der Waals surface area contributed by atoms with Crippen LogP contribution in [0, 0.1) is 5.92 Å². The van der Waals surface area contributed by atoms with Crippen LogP contribution in [0.2, 0.25) is 5.02 Å². The first-order valence-corrected chi connectivity index (χ1v) is 5.96. The van der Waals surface area contributed by atoms with Crippen LogP contribution in [0.1, 0.15) is 33.1 Å². The molecule has 4 nitrogen and oxygen atoms in total. The van der Waals surface area contributed by atoms with Gasteiger partial charge in [-0.2, -0.15) is 0 Å². The van der Waals surface area contributed by atoms with Crippen LogP contribution in [0.25, 0.3) is 0 Å². The van der Waals surface area contributed by atoms with E-state index < -0.39 is 0 Å². The minimum atomic E-state index is -0.304. The predicted molar refractivity (Wildman–Crippen MR) is 67.0 cm³/mol. The molecule has 2 N–H and O–H groups in total. The lowest BCUT2D eigenvalue weighted by Crippen LogP contribution is -2.12. The average Bonchev–Trinajstić information content (AvgIpc) is 2.23. The molecule has 0 aliphatic rings. The summed E-state index contributed by atoms with van der Waals surface area (Å²) in [6.07, 6.45) is 4.80. The Hall–Kier alpha value is -1.03. The fourth-order valence-corrected chi connectivity index (χ4v) is 1.56. The first-order valence-electron chi connectivity index (χ1n) is 5.58. The molecule has 0 fully saturated rings. The van der Waals surface area contributed by atoms with Gasteiger partial charge in [0.25, 0.3) is 5.56 Å². The Morgan fingerprint density at radius 3 is 2.94 bits per heavy atom. The number of unbranched alkanes of at least 4 members (excludes halogenated alkanes) is 1. The number of aromatic amines is 1. The Labute approximate surface area is 100 Å². The zero-order valence-electron chi connectivity index (χ0n) is 9.72. The number of anilines is 1. The second-order valence-corrected chi connectivity index (χ2v) is 4.59. The normalized spacial score (nSPS) is 10.8. The van der Waals surface area contributed by atoms with Crippen molar-refractivity contribution in [1.82, 2.24) is 9.97 Å². The number of H-pyrrole nitrogens is 1. The molecule has 0 saturated carbocycles. The van der Waals surface area contributed by atoms with Gasteiger partial charge in [0.2, 0.25) is 0 Å². The van der Waals surface area contributed by atoms with E-state index in [2.05, 4.69) is 29.1 Å². The van der Waals surface area contributed by atoms with Crippen molar-refractivity contribution < 1.29 is 0 Å². The first-order chi connectivity index (χ1) is 7.61. The van der Waals surface area contributed by atoms with Gasteiger partial charge in [0.15, 0.2) is 5.82 Å². The van der Waals surface area contributed by atoms with E-state index in [0.717, 1.165) is 18.9 Å². The molecule has 0 bridgehead atoms. The number of halogens is 1. The van der Waals surface area contributed by atoms with Gasteiger partial charge in [-0.15, -0.1) is 0 Å². The van der Waals surface area contributed by atoms with E-state index in [9.17, 15) is 4.79 Å². The minimum absolute atomic E-state index is 0.131. The summed E-state index contributed by atoms with van der Waals surface area (Å²) in [5, 5.41) is 3.20. The fraction of sp³-hybridized carbons (Fsp3) is 0.636. The van der Waals surface area contributed by atoms with Crippen molar-refractivity contribution in [2.45, 2.75) is 33.1 Å². The van der Waals surface area contributed by atoms with E-state index in [1.54, 1.807) is 0 Å². The van der Waals surface area contributed by atoms with Crippen molar-refractivity contribution in [3.8, 4) is 0 Å². The summed E-state index contributed by atoms with van der Waals surface area (Å²) >= 11 is 5.79. The van der Waals surface area contributed by atoms with E-state index in [1.165, 1.54) is 19.2 Å². The summed E-state index contributed by atoms with van der Waals surface area (Å²) in [7, 11) is 0. The maximum Gasteiger partial charge on any atom is 0.271 e. The Morgan fingerprint density at radius 1 is 1.50 bits per heavy atom. The maximum absolute atomic E-state index is 11.2. The molecule has 1 aromatic heterocycles. The summed E-state index contributed by atoms with van der Waals surface area (Å²) in [6.45, 7) is 5.22. The maximum atomic E-state index is 11.2. The molecular formula is C11H18ClN3O. The molecule has 1 aromatic rings. The number of hydrogen-bond acceptors (Lipinski definition) is 3. The van der Waals surface area contributed by atoms with Gasteiger partial charge in [0.05, 0.1) is 6.33 Å². The molecule has 0 saturated heterocycles. The summed E-state index contributed by atoms with van der Waals surface area (Å²) in [4.78, 5) is 17.5. The van der Waals surface area contributed by atoms with Crippen LogP contribution < -0.4 is 10.9 Å². The van der Waals surface area contributed by atoms with Crippen LogP contribution in [0.15, 0.2) is 11.1 Å².